The quantitative estimate of drug-likeness (QED) is 0.410. The zero-order valence-electron chi connectivity index (χ0n) is 21.6. The Hall–Kier alpha value is -3.94. The molecule has 1 fully saturated rings. The number of hydrogen-bond acceptors (Lipinski definition) is 6. The number of hydrogen-bond donors (Lipinski definition) is 1. The van der Waals surface area contributed by atoms with Gasteiger partial charge in [-0.25, -0.2) is 0 Å². The number of nitrogens with zero attached hydrogens (tertiary/aromatic N) is 1. The molecule has 0 aliphatic heterocycles. The van der Waals surface area contributed by atoms with Crippen molar-refractivity contribution in [2.45, 2.75) is 50.7 Å². The van der Waals surface area contributed by atoms with Crippen LogP contribution in [0.4, 0.5) is 0 Å². The molecule has 0 unspecified atom stereocenters. The van der Waals surface area contributed by atoms with Crippen molar-refractivity contribution in [3.63, 3.8) is 0 Å². The number of methoxy groups -OCH3 is 3. The molecule has 1 heterocycles. The van der Waals surface area contributed by atoms with Gasteiger partial charge >= 0.3 is 0 Å². The molecule has 1 N–H and O–H groups in total. The Kier molecular flexibility index (Phi) is 8.72. The third-order valence-corrected chi connectivity index (χ3v) is 6.74. The van der Waals surface area contributed by atoms with Gasteiger partial charge in [0, 0.05) is 12.6 Å². The highest BCUT2D eigenvalue weighted by Gasteiger charge is 2.35. The Balaban J connectivity index is 1.76. The first-order chi connectivity index (χ1) is 18.0. The summed E-state index contributed by atoms with van der Waals surface area (Å²) in [5.74, 6) is 1.25. The minimum Gasteiger partial charge on any atom is -0.497 e. The monoisotopic (exact) mass is 506 g/mol. The average Bonchev–Trinajstić information content (AvgIpc) is 3.48. The van der Waals surface area contributed by atoms with E-state index in [0.717, 1.165) is 31.2 Å². The van der Waals surface area contributed by atoms with Crippen LogP contribution in [-0.2, 0) is 11.3 Å². The highest BCUT2D eigenvalue weighted by Crippen LogP contribution is 2.34. The van der Waals surface area contributed by atoms with Crippen LogP contribution in [0.2, 0.25) is 0 Å². The molecule has 196 valence electrons. The van der Waals surface area contributed by atoms with Crippen molar-refractivity contribution >= 4 is 11.8 Å². The molecule has 2 aromatic carbocycles. The fraction of sp³-hybridized carbons (Fsp3) is 0.379. The highest BCUT2D eigenvalue weighted by atomic mass is 16.5. The topological polar surface area (TPSA) is 90.2 Å². The van der Waals surface area contributed by atoms with Gasteiger partial charge in [0.2, 0.25) is 5.91 Å². The molecule has 37 heavy (non-hydrogen) atoms. The van der Waals surface area contributed by atoms with Gasteiger partial charge in [-0.2, -0.15) is 0 Å². The van der Waals surface area contributed by atoms with Crippen LogP contribution in [-0.4, -0.2) is 44.1 Å². The molecule has 2 amide bonds. The van der Waals surface area contributed by atoms with Crippen molar-refractivity contribution in [1.29, 1.82) is 0 Å². The Morgan fingerprint density at radius 1 is 0.946 bits per heavy atom. The van der Waals surface area contributed by atoms with Crippen LogP contribution < -0.4 is 19.5 Å². The maximum Gasteiger partial charge on any atom is 0.290 e. The second kappa shape index (κ2) is 12.3. The Bertz CT molecular complexity index is 1170. The molecule has 0 spiro atoms. The number of amides is 2. The van der Waals surface area contributed by atoms with Crippen LogP contribution >= 0.6 is 0 Å². The lowest BCUT2D eigenvalue weighted by Crippen LogP contribution is -2.46. The second-order valence-corrected chi connectivity index (χ2v) is 9.12. The molecule has 0 saturated heterocycles. The van der Waals surface area contributed by atoms with Crippen molar-refractivity contribution < 1.29 is 28.2 Å². The molecule has 1 aliphatic carbocycles. The molecule has 8 nitrogen and oxygen atoms in total. The smallest absolute Gasteiger partial charge is 0.290 e. The van der Waals surface area contributed by atoms with Crippen LogP contribution in [0.3, 0.4) is 0 Å². The molecule has 1 saturated carbocycles. The van der Waals surface area contributed by atoms with Crippen LogP contribution in [0.15, 0.2) is 65.3 Å². The molecule has 1 atom stereocenters. The van der Waals surface area contributed by atoms with E-state index in [1.807, 2.05) is 24.3 Å². The summed E-state index contributed by atoms with van der Waals surface area (Å²) in [7, 11) is 4.70. The van der Waals surface area contributed by atoms with Crippen LogP contribution in [0.5, 0.6) is 17.2 Å². The average molecular weight is 507 g/mol. The van der Waals surface area contributed by atoms with Gasteiger partial charge in [0.05, 0.1) is 27.6 Å². The van der Waals surface area contributed by atoms with Crippen LogP contribution in [0.25, 0.3) is 0 Å². The van der Waals surface area contributed by atoms with Gasteiger partial charge in [-0.1, -0.05) is 37.5 Å². The number of rotatable bonds is 10. The van der Waals surface area contributed by atoms with E-state index in [4.69, 9.17) is 18.6 Å². The predicted molar refractivity (Wildman–Crippen MR) is 139 cm³/mol. The van der Waals surface area contributed by atoms with Crippen molar-refractivity contribution in [1.82, 2.24) is 10.2 Å². The Morgan fingerprint density at radius 3 is 2.30 bits per heavy atom. The molecule has 4 rings (SSSR count). The summed E-state index contributed by atoms with van der Waals surface area (Å²) in [6.07, 6.45) is 6.63. The Morgan fingerprint density at radius 2 is 1.68 bits per heavy atom. The van der Waals surface area contributed by atoms with Gasteiger partial charge in [0.25, 0.3) is 5.91 Å². The molecule has 1 aliphatic rings. The van der Waals surface area contributed by atoms with Gasteiger partial charge < -0.3 is 28.8 Å². The van der Waals surface area contributed by atoms with Crippen molar-refractivity contribution in [2.24, 2.45) is 0 Å². The SMILES string of the molecule is COc1ccc(CN(C(=O)c2ccco2)[C@H](C(=O)NC2CCCCC2)c2ccc(OC)c(OC)c2)cc1. The van der Waals surface area contributed by atoms with E-state index in [0.29, 0.717) is 22.8 Å². The van der Waals surface area contributed by atoms with Crippen LogP contribution in [0, 0.1) is 0 Å². The second-order valence-electron chi connectivity index (χ2n) is 9.12. The van der Waals surface area contributed by atoms with Gasteiger partial charge in [-0.3, -0.25) is 9.59 Å². The summed E-state index contributed by atoms with van der Waals surface area (Å²) in [6.45, 7) is 0.181. The summed E-state index contributed by atoms with van der Waals surface area (Å²) < 4.78 is 21.7. The zero-order valence-corrected chi connectivity index (χ0v) is 21.6. The van der Waals surface area contributed by atoms with E-state index >= 15 is 0 Å². The summed E-state index contributed by atoms with van der Waals surface area (Å²) in [5.41, 5.74) is 1.45. The maximum absolute atomic E-state index is 13.9. The third-order valence-electron chi connectivity index (χ3n) is 6.74. The fourth-order valence-corrected chi connectivity index (χ4v) is 4.77. The van der Waals surface area contributed by atoms with Crippen LogP contribution in [0.1, 0.15) is 59.8 Å². The minimum absolute atomic E-state index is 0.0745. The van der Waals surface area contributed by atoms with Crippen molar-refractivity contribution in [3.05, 3.63) is 77.7 Å². The molecule has 1 aromatic heterocycles. The first kappa shape index (κ1) is 26.1. The summed E-state index contributed by atoms with van der Waals surface area (Å²) in [6, 6.07) is 15.1. The zero-order chi connectivity index (χ0) is 26.2. The number of carbonyl (C=O) groups excluding carboxylic acids is 2. The lowest BCUT2D eigenvalue weighted by atomic mass is 9.94. The number of furan rings is 1. The molecule has 0 bridgehead atoms. The molecule has 3 aromatic rings. The number of carbonyl (C=O) groups is 2. The predicted octanol–water partition coefficient (Wildman–Crippen LogP) is 5.14. The van der Waals surface area contributed by atoms with Crippen molar-refractivity contribution in [2.75, 3.05) is 21.3 Å². The Labute approximate surface area is 217 Å². The van der Waals surface area contributed by atoms with Gasteiger partial charge in [-0.15, -0.1) is 0 Å². The molecule has 8 heteroatoms. The number of benzene rings is 2. The molecular weight excluding hydrogens is 472 g/mol. The maximum atomic E-state index is 13.9. The van der Waals surface area contributed by atoms with E-state index in [1.54, 1.807) is 56.6 Å². The number of ether oxygens (including phenoxy) is 3. The van der Waals surface area contributed by atoms with E-state index in [9.17, 15) is 9.59 Å². The van der Waals surface area contributed by atoms with E-state index in [2.05, 4.69) is 5.32 Å². The van der Waals surface area contributed by atoms with Gasteiger partial charge in [0.15, 0.2) is 17.3 Å². The van der Waals surface area contributed by atoms with E-state index < -0.39 is 6.04 Å². The summed E-state index contributed by atoms with van der Waals surface area (Å²) in [4.78, 5) is 29.3. The first-order valence-electron chi connectivity index (χ1n) is 12.5. The standard InChI is InChI=1S/C29H34N2O6/c1-34-23-14-11-20(12-15-23)19-31(29(33)25-10-7-17-37-25)27(28(32)30-22-8-5-4-6-9-22)21-13-16-24(35-2)26(18-21)36-3/h7,10-18,22,27H,4-6,8-9,19H2,1-3H3,(H,30,32)/t27-/m0/s1. The van der Waals surface area contributed by atoms with Gasteiger partial charge in [-0.05, 0) is 60.4 Å². The van der Waals surface area contributed by atoms with Gasteiger partial charge in [0.1, 0.15) is 11.8 Å². The minimum atomic E-state index is -0.929. The largest absolute Gasteiger partial charge is 0.497 e. The van der Waals surface area contributed by atoms with Crippen molar-refractivity contribution in [3.8, 4) is 17.2 Å². The summed E-state index contributed by atoms with van der Waals surface area (Å²) in [5, 5.41) is 3.21. The number of nitrogens with one attached hydrogen (secondary N) is 1. The summed E-state index contributed by atoms with van der Waals surface area (Å²) >= 11 is 0. The molecule has 0 radical (unpaired) electrons. The van der Waals surface area contributed by atoms with E-state index in [-0.39, 0.29) is 30.2 Å². The fourth-order valence-electron chi connectivity index (χ4n) is 4.77. The van der Waals surface area contributed by atoms with E-state index in [1.165, 1.54) is 12.7 Å². The third kappa shape index (κ3) is 6.25. The highest BCUT2D eigenvalue weighted by molar-refractivity contribution is 5.96. The lowest BCUT2D eigenvalue weighted by molar-refractivity contribution is -0.127. The normalized spacial score (nSPS) is 14.5. The molecular formula is C29H34N2O6. The lowest BCUT2D eigenvalue weighted by Gasteiger charge is -2.33. The first-order valence-corrected chi connectivity index (χ1v) is 12.5.